The predicted octanol–water partition coefficient (Wildman–Crippen LogP) is 7.08. The van der Waals surface area contributed by atoms with Crippen LogP contribution in [0.1, 0.15) is 27.4 Å². The topological polar surface area (TPSA) is 104 Å². The van der Waals surface area contributed by atoms with E-state index in [0.717, 1.165) is 16.9 Å². The highest BCUT2D eigenvalue weighted by Gasteiger charge is 2.17. The molecule has 35 heavy (non-hydrogen) atoms. The predicted molar refractivity (Wildman–Crippen MR) is 132 cm³/mol. The van der Waals surface area contributed by atoms with Crippen LogP contribution >= 0.6 is 11.6 Å². The molecule has 9 heteroatoms. The van der Waals surface area contributed by atoms with E-state index in [-0.39, 0.29) is 29.5 Å². The van der Waals surface area contributed by atoms with Crippen molar-refractivity contribution in [2.24, 2.45) is 0 Å². The van der Waals surface area contributed by atoms with E-state index >= 15 is 0 Å². The minimum atomic E-state index is -0.569. The number of carbonyl (C=O) groups is 1. The Bertz CT molecular complexity index is 1360. The Morgan fingerprint density at radius 3 is 2.40 bits per heavy atom. The fourth-order valence-corrected chi connectivity index (χ4v) is 3.52. The molecule has 178 valence electrons. The van der Waals surface area contributed by atoms with Crippen LogP contribution in [0.15, 0.2) is 77.2 Å². The summed E-state index contributed by atoms with van der Waals surface area (Å²) in [7, 11) is 0. The molecule has 1 heterocycles. The van der Waals surface area contributed by atoms with Crippen molar-refractivity contribution in [1.29, 1.82) is 0 Å². The Morgan fingerprint density at radius 2 is 1.71 bits per heavy atom. The van der Waals surface area contributed by atoms with Crippen LogP contribution in [-0.2, 0) is 6.61 Å². The number of nitro groups is 1. The van der Waals surface area contributed by atoms with Gasteiger partial charge in [-0.25, -0.2) is 0 Å². The highest BCUT2D eigenvalue weighted by molar-refractivity contribution is 6.30. The first kappa shape index (κ1) is 23.8. The van der Waals surface area contributed by atoms with Crippen LogP contribution in [0.5, 0.6) is 17.2 Å². The van der Waals surface area contributed by atoms with Gasteiger partial charge < -0.3 is 19.2 Å². The van der Waals surface area contributed by atoms with Crippen LogP contribution in [0.25, 0.3) is 0 Å². The zero-order valence-corrected chi connectivity index (χ0v) is 19.7. The van der Waals surface area contributed by atoms with Gasteiger partial charge in [-0.1, -0.05) is 29.8 Å². The first-order valence-corrected chi connectivity index (χ1v) is 11.0. The molecule has 0 fully saturated rings. The number of rotatable bonds is 8. The largest absolute Gasteiger partial charge is 0.485 e. The first-order valence-electron chi connectivity index (χ1n) is 10.6. The highest BCUT2D eigenvalue weighted by atomic mass is 35.5. The summed E-state index contributed by atoms with van der Waals surface area (Å²) < 4.78 is 17.2. The third-order valence-corrected chi connectivity index (χ3v) is 5.31. The summed E-state index contributed by atoms with van der Waals surface area (Å²) in [6.07, 6.45) is 0. The Morgan fingerprint density at radius 1 is 1.00 bits per heavy atom. The summed E-state index contributed by atoms with van der Waals surface area (Å²) in [4.78, 5) is 23.5. The van der Waals surface area contributed by atoms with Gasteiger partial charge in [-0.15, -0.1) is 0 Å². The lowest BCUT2D eigenvalue weighted by Gasteiger charge is -2.10. The number of aryl methyl sites for hydroxylation is 2. The molecule has 0 unspecified atom stereocenters. The number of carbonyl (C=O) groups excluding carboxylic acids is 1. The SMILES string of the molecule is Cc1cccc(C)c1OCc1ccc(C(=O)Nc2cc(Oc3ccc(Cl)cc3)cc([N+](=O)[O-])c2)o1. The molecule has 3 aromatic carbocycles. The number of hydrogen-bond acceptors (Lipinski definition) is 6. The number of para-hydroxylation sites is 1. The van der Waals surface area contributed by atoms with Crippen LogP contribution in [0.4, 0.5) is 11.4 Å². The van der Waals surface area contributed by atoms with Crippen molar-refractivity contribution in [2.45, 2.75) is 20.5 Å². The Kier molecular flexibility index (Phi) is 7.03. The molecule has 1 aromatic heterocycles. The molecule has 0 saturated carbocycles. The van der Waals surface area contributed by atoms with Crippen molar-refractivity contribution < 1.29 is 23.6 Å². The van der Waals surface area contributed by atoms with E-state index in [1.54, 1.807) is 30.3 Å². The van der Waals surface area contributed by atoms with Crippen LogP contribution in [0, 0.1) is 24.0 Å². The fourth-order valence-electron chi connectivity index (χ4n) is 3.40. The van der Waals surface area contributed by atoms with E-state index in [1.807, 2.05) is 32.0 Å². The average molecular weight is 493 g/mol. The van der Waals surface area contributed by atoms with Gasteiger partial charge in [0.05, 0.1) is 16.7 Å². The molecule has 0 bridgehead atoms. The van der Waals surface area contributed by atoms with Gasteiger partial charge in [0.25, 0.3) is 11.6 Å². The number of benzene rings is 3. The third-order valence-electron chi connectivity index (χ3n) is 5.06. The Balaban J connectivity index is 1.47. The van der Waals surface area contributed by atoms with E-state index < -0.39 is 10.8 Å². The molecule has 0 radical (unpaired) electrons. The van der Waals surface area contributed by atoms with Crippen LogP contribution < -0.4 is 14.8 Å². The lowest BCUT2D eigenvalue weighted by Crippen LogP contribution is -2.11. The maximum atomic E-state index is 12.7. The molecule has 1 amide bonds. The van der Waals surface area contributed by atoms with Gasteiger partial charge in [0, 0.05) is 17.2 Å². The quantitative estimate of drug-likeness (QED) is 0.208. The van der Waals surface area contributed by atoms with Crippen molar-refractivity contribution in [2.75, 3.05) is 5.32 Å². The summed E-state index contributed by atoms with van der Waals surface area (Å²) >= 11 is 5.88. The average Bonchev–Trinajstić information content (AvgIpc) is 3.29. The smallest absolute Gasteiger partial charge is 0.291 e. The lowest BCUT2D eigenvalue weighted by atomic mass is 10.1. The van der Waals surface area contributed by atoms with Gasteiger partial charge >= 0.3 is 0 Å². The second-order valence-electron chi connectivity index (χ2n) is 7.76. The van der Waals surface area contributed by atoms with Crippen molar-refractivity contribution in [1.82, 2.24) is 0 Å². The Hall–Kier alpha value is -4.30. The number of ether oxygens (including phenoxy) is 2. The number of halogens is 1. The number of furan rings is 1. The van der Waals surface area contributed by atoms with Gasteiger partial charge in [-0.3, -0.25) is 14.9 Å². The molecule has 0 spiro atoms. The monoisotopic (exact) mass is 492 g/mol. The van der Waals surface area contributed by atoms with Gasteiger partial charge in [0.2, 0.25) is 0 Å². The molecule has 4 aromatic rings. The van der Waals surface area contributed by atoms with E-state index in [0.29, 0.717) is 16.5 Å². The van der Waals surface area contributed by atoms with Crippen molar-refractivity contribution in [3.63, 3.8) is 0 Å². The van der Waals surface area contributed by atoms with Gasteiger partial charge in [0.1, 0.15) is 29.6 Å². The summed E-state index contributed by atoms with van der Waals surface area (Å²) in [6, 6.07) is 19.5. The number of nitro benzene ring substituents is 1. The zero-order valence-electron chi connectivity index (χ0n) is 18.9. The number of nitrogens with zero attached hydrogens (tertiary/aromatic N) is 1. The molecule has 0 aliphatic heterocycles. The number of non-ortho nitro benzene ring substituents is 1. The molecule has 0 aliphatic carbocycles. The molecule has 4 rings (SSSR count). The van der Waals surface area contributed by atoms with Gasteiger partial charge in [-0.2, -0.15) is 0 Å². The normalized spacial score (nSPS) is 10.6. The highest BCUT2D eigenvalue weighted by Crippen LogP contribution is 2.31. The maximum Gasteiger partial charge on any atom is 0.291 e. The van der Waals surface area contributed by atoms with Gasteiger partial charge in [-0.05, 0) is 61.4 Å². The summed E-state index contributed by atoms with van der Waals surface area (Å²) in [6.45, 7) is 4.05. The van der Waals surface area contributed by atoms with E-state index in [9.17, 15) is 14.9 Å². The second kappa shape index (κ2) is 10.3. The second-order valence-corrected chi connectivity index (χ2v) is 8.19. The maximum absolute atomic E-state index is 12.7. The van der Waals surface area contributed by atoms with Gasteiger partial charge in [0.15, 0.2) is 5.76 Å². The van der Waals surface area contributed by atoms with Crippen LogP contribution in [-0.4, -0.2) is 10.8 Å². The standard InChI is InChI=1S/C26H21ClN2O6/c1-16-4-3-5-17(2)25(16)33-15-22-10-11-24(35-22)26(30)28-19-12-20(29(31)32)14-23(13-19)34-21-8-6-18(27)7-9-21/h3-14H,15H2,1-2H3,(H,28,30). The van der Waals surface area contributed by atoms with Crippen LogP contribution in [0.2, 0.25) is 5.02 Å². The minimum Gasteiger partial charge on any atom is -0.485 e. The Labute approximate surface area is 206 Å². The molecule has 1 N–H and O–H groups in total. The number of hydrogen-bond donors (Lipinski definition) is 1. The minimum absolute atomic E-state index is 0.0387. The molecule has 0 atom stereocenters. The van der Waals surface area contributed by atoms with Crippen LogP contribution in [0.3, 0.4) is 0 Å². The summed E-state index contributed by atoms with van der Waals surface area (Å²) in [5.74, 6) is 1.31. The summed E-state index contributed by atoms with van der Waals surface area (Å²) in [5.41, 5.74) is 1.93. The van der Waals surface area contributed by atoms with E-state index in [1.165, 1.54) is 24.3 Å². The van der Waals surface area contributed by atoms with E-state index in [4.69, 9.17) is 25.5 Å². The fraction of sp³-hybridized carbons (Fsp3) is 0.115. The first-order chi connectivity index (χ1) is 16.8. The van der Waals surface area contributed by atoms with Crippen molar-refractivity contribution in [3.05, 3.63) is 111 Å². The molecule has 8 nitrogen and oxygen atoms in total. The molecule has 0 saturated heterocycles. The molecular formula is C26H21ClN2O6. The third kappa shape index (κ3) is 5.99. The van der Waals surface area contributed by atoms with Crippen molar-refractivity contribution >= 4 is 28.9 Å². The lowest BCUT2D eigenvalue weighted by molar-refractivity contribution is -0.384. The van der Waals surface area contributed by atoms with Crippen molar-refractivity contribution in [3.8, 4) is 17.2 Å². The van der Waals surface area contributed by atoms with E-state index in [2.05, 4.69) is 5.32 Å². The summed E-state index contributed by atoms with van der Waals surface area (Å²) in [5, 5.41) is 14.5. The molecular weight excluding hydrogens is 472 g/mol. The zero-order chi connectivity index (χ0) is 24.9. The number of nitrogens with one attached hydrogen (secondary N) is 1. The molecule has 0 aliphatic rings. The number of anilines is 1. The number of amides is 1.